The normalized spacial score (nSPS) is 15.9. The standard InChI is InChI=1S/C51H34N4O.C45H30N4O.C39H26N4O/c1-4-12-33(13-5-1)35-20-22-38(23-21-35)50-52-49(37-16-8-3-9-17-37)53-51(54-50)39-26-29-42-46(32-39)56-45-31-30-44-47(48(42)45)41-18-10-11-19-43(41)55(44)40-27-24-36(25-28-40)34-14-6-2-7-15-34;1-4-12-29(13-5-1)30-20-22-32(23-21-30)44-46-43(31-14-6-2-7-15-31)47-45(48-44)33-24-25-36-40(28-33)50-39-27-26-38-41(42(36)39)35-18-10-11-19-37(35)49(38)34-16-8-3-9-17-34;1-4-12-25(13-5-1)37-40-38(26-14-6-2-7-15-26)42-39(41-37)27-20-21-30-34(24-27)44-33-23-22-32-35(36(30)33)29-18-10-11-19-31(29)43(32)28-16-8-3-9-17-28/h1-32,44,47H;1-28,38,41H;1-24,32,35H. The first-order valence-electron chi connectivity index (χ1n) is 50.8. The molecule has 18 aromatic carbocycles. The minimum atomic E-state index is 0.107. The van der Waals surface area contributed by atoms with Gasteiger partial charge in [-0.05, 0) is 141 Å². The zero-order chi connectivity index (χ0) is 99.1. The van der Waals surface area contributed by atoms with Gasteiger partial charge in [-0.1, -0.05) is 419 Å². The molecule has 3 aliphatic carbocycles. The molecule has 6 aliphatic rings. The summed E-state index contributed by atoms with van der Waals surface area (Å²) in [6, 6.07) is 164. The minimum Gasteiger partial charge on any atom is -0.456 e. The first-order chi connectivity index (χ1) is 74.3. The predicted octanol–water partition coefficient (Wildman–Crippen LogP) is 32.9. The number of hydrogen-bond acceptors (Lipinski definition) is 15. The van der Waals surface area contributed by atoms with E-state index in [2.05, 4.69) is 391 Å². The molecular formula is C135H90N12O3. The lowest BCUT2D eigenvalue weighted by Crippen LogP contribution is -2.30. The largest absolute Gasteiger partial charge is 0.456 e. The summed E-state index contributed by atoms with van der Waals surface area (Å²) < 4.78 is 19.9. The van der Waals surface area contributed by atoms with Crippen molar-refractivity contribution in [2.24, 2.45) is 0 Å². The summed E-state index contributed by atoms with van der Waals surface area (Å²) in [4.78, 5) is 52.1. The summed E-state index contributed by atoms with van der Waals surface area (Å²) in [5.74, 6) is 8.73. The molecule has 0 saturated heterocycles. The summed E-state index contributed by atoms with van der Waals surface area (Å²) in [6.45, 7) is 0. The van der Waals surface area contributed by atoms with Crippen LogP contribution in [0.2, 0.25) is 0 Å². The summed E-state index contributed by atoms with van der Waals surface area (Å²) in [5, 5.41) is 3.34. The number of aromatic nitrogens is 9. The van der Waals surface area contributed by atoms with Crippen molar-refractivity contribution in [1.29, 1.82) is 0 Å². The summed E-state index contributed by atoms with van der Waals surface area (Å²) in [5.41, 5.74) is 32.6. The van der Waals surface area contributed by atoms with Gasteiger partial charge in [0.25, 0.3) is 0 Å². The van der Waals surface area contributed by atoms with Crippen LogP contribution < -0.4 is 14.7 Å². The van der Waals surface area contributed by atoms with Crippen molar-refractivity contribution >= 4 is 85.3 Å². The second-order valence-electron chi connectivity index (χ2n) is 38.4. The predicted molar refractivity (Wildman–Crippen MR) is 603 cm³/mol. The Morgan fingerprint density at radius 1 is 0.167 bits per heavy atom. The van der Waals surface area contributed by atoms with Crippen molar-refractivity contribution in [3.05, 3.63) is 542 Å². The highest BCUT2D eigenvalue weighted by atomic mass is 16.3. The third kappa shape index (κ3) is 15.9. The Balaban J connectivity index is 0.000000109. The maximum Gasteiger partial charge on any atom is 0.164 e. The highest BCUT2D eigenvalue weighted by Crippen LogP contribution is 2.58. The van der Waals surface area contributed by atoms with Gasteiger partial charge in [0.15, 0.2) is 52.4 Å². The molecule has 24 aromatic rings. The van der Waals surface area contributed by atoms with Crippen LogP contribution in [0.1, 0.15) is 68.4 Å². The number of fused-ring (bicyclic) bond motifs is 21. The van der Waals surface area contributed by atoms with E-state index in [0.717, 1.165) is 111 Å². The second-order valence-corrected chi connectivity index (χ2v) is 38.4. The Labute approximate surface area is 866 Å². The molecule has 0 radical (unpaired) electrons. The molecule has 0 saturated carbocycles. The van der Waals surface area contributed by atoms with E-state index in [0.29, 0.717) is 52.4 Å². The number of hydrogen-bond donors (Lipinski definition) is 0. The quantitative estimate of drug-likeness (QED) is 0.0951. The van der Waals surface area contributed by atoms with E-state index in [9.17, 15) is 0 Å². The van der Waals surface area contributed by atoms with Crippen LogP contribution in [0, 0.1) is 0 Å². The Morgan fingerprint density at radius 2 is 0.353 bits per heavy atom. The molecule has 0 amide bonds. The van der Waals surface area contributed by atoms with Crippen LogP contribution in [-0.4, -0.2) is 63.0 Å². The molecule has 0 N–H and O–H groups in total. The summed E-state index contributed by atoms with van der Waals surface area (Å²) in [7, 11) is 0. The zero-order valence-electron chi connectivity index (χ0n) is 81.1. The lowest BCUT2D eigenvalue weighted by atomic mass is 9.82. The minimum absolute atomic E-state index is 0.107. The van der Waals surface area contributed by atoms with E-state index in [1.54, 1.807) is 0 Å². The molecule has 30 rings (SSSR count). The Hall–Kier alpha value is -19.8. The zero-order valence-corrected chi connectivity index (χ0v) is 81.1. The van der Waals surface area contributed by atoms with Crippen LogP contribution in [-0.2, 0) is 0 Å². The molecule has 0 spiro atoms. The van der Waals surface area contributed by atoms with Crippen LogP contribution in [0.5, 0.6) is 0 Å². The highest BCUT2D eigenvalue weighted by Gasteiger charge is 2.47. The van der Waals surface area contributed by atoms with Gasteiger partial charge in [-0.2, -0.15) is 0 Å². The fourth-order valence-electron chi connectivity index (χ4n) is 22.8. The lowest BCUT2D eigenvalue weighted by Gasteiger charge is -2.30. The molecule has 9 heterocycles. The summed E-state index contributed by atoms with van der Waals surface area (Å²) in [6.07, 6.45) is 13.3. The number of rotatable bonds is 15. The van der Waals surface area contributed by atoms with Gasteiger partial charge < -0.3 is 28.0 Å². The Kier molecular flexibility index (Phi) is 22.0. The van der Waals surface area contributed by atoms with Crippen molar-refractivity contribution in [1.82, 2.24) is 44.9 Å². The Morgan fingerprint density at radius 3 is 0.613 bits per heavy atom. The average Bonchev–Trinajstić information content (AvgIpc) is 1.56. The van der Waals surface area contributed by atoms with Gasteiger partial charge in [0.2, 0.25) is 0 Å². The van der Waals surface area contributed by atoms with Crippen LogP contribution in [0.3, 0.4) is 0 Å². The first-order valence-corrected chi connectivity index (χ1v) is 50.8. The molecule has 0 bridgehead atoms. The van der Waals surface area contributed by atoms with Gasteiger partial charge in [-0.3, -0.25) is 0 Å². The van der Waals surface area contributed by atoms with Gasteiger partial charge in [-0.15, -0.1) is 0 Å². The molecule has 150 heavy (non-hydrogen) atoms. The number of nitrogens with zero attached hydrogens (tertiary/aromatic N) is 12. The van der Waals surface area contributed by atoms with Gasteiger partial charge in [0.1, 0.15) is 34.0 Å². The van der Waals surface area contributed by atoms with Crippen LogP contribution in [0.4, 0.5) is 34.1 Å². The lowest BCUT2D eigenvalue weighted by molar-refractivity contribution is 0.584. The van der Waals surface area contributed by atoms with E-state index in [1.807, 2.05) is 133 Å². The highest BCUT2D eigenvalue weighted by molar-refractivity contribution is 5.97. The van der Waals surface area contributed by atoms with Crippen LogP contribution in [0.25, 0.3) is 187 Å². The molecule has 708 valence electrons. The molecular weight excluding hydrogens is 1840 g/mol. The second kappa shape index (κ2) is 37.4. The van der Waals surface area contributed by atoms with Crippen LogP contribution in [0.15, 0.2) is 505 Å². The number of benzene rings is 18. The third-order valence-corrected chi connectivity index (χ3v) is 29.7. The molecule has 3 aliphatic heterocycles. The van der Waals surface area contributed by atoms with Crippen molar-refractivity contribution in [3.8, 4) is 136 Å². The monoisotopic (exact) mass is 1930 g/mol. The molecule has 6 atom stereocenters. The molecule has 15 nitrogen and oxygen atoms in total. The molecule has 0 fully saturated rings. The van der Waals surface area contributed by atoms with Crippen LogP contribution >= 0.6 is 0 Å². The van der Waals surface area contributed by atoms with E-state index < -0.39 is 0 Å². The maximum atomic E-state index is 6.69. The SMILES string of the molecule is C1=CC2C(c3ccccc3N2c2ccc(-c3ccccc3)cc2)c2c1oc1cc(-c3nc(-c4ccccc4)nc(-c4ccc(-c5ccccc5)cc4)n3)ccc21.C1=CC2C(c3ccccc3N2c2ccccc2)c2c1oc1cc(-c3nc(-c4ccccc4)nc(-c4ccc(-c5ccccc5)cc4)n3)ccc21.C1=CC2C(c3ccccc3N2c2ccccc2)c2c1oc1cc(-c3nc(-c4ccccc4)nc(-c4ccccc4)n3)ccc21. The van der Waals surface area contributed by atoms with Crippen molar-refractivity contribution in [2.45, 2.75) is 35.9 Å². The van der Waals surface area contributed by atoms with E-state index in [1.165, 1.54) is 89.8 Å². The molecule has 6 unspecified atom stereocenters. The number of furan rings is 3. The average molecular weight is 1930 g/mol. The van der Waals surface area contributed by atoms with Crippen molar-refractivity contribution in [2.75, 3.05) is 14.7 Å². The fraction of sp³-hybridized carbons (Fsp3) is 0.0444. The molecule has 15 heteroatoms. The van der Waals surface area contributed by atoms with Crippen molar-refractivity contribution < 1.29 is 13.3 Å². The summed E-state index contributed by atoms with van der Waals surface area (Å²) >= 11 is 0. The van der Waals surface area contributed by atoms with Gasteiger partial charge in [0, 0.05) is 135 Å². The maximum absolute atomic E-state index is 6.69. The van der Waals surface area contributed by atoms with Gasteiger partial charge in [-0.25, -0.2) is 44.9 Å². The Bertz CT molecular complexity index is 9280. The fourth-order valence-corrected chi connectivity index (χ4v) is 22.8. The topological polar surface area (TPSA) is 165 Å². The molecule has 6 aromatic heterocycles. The van der Waals surface area contributed by atoms with Gasteiger partial charge in [0.05, 0.1) is 18.1 Å². The van der Waals surface area contributed by atoms with E-state index >= 15 is 0 Å². The first kappa shape index (κ1) is 88.0. The van der Waals surface area contributed by atoms with E-state index in [-0.39, 0.29) is 35.9 Å². The number of para-hydroxylation sites is 5. The number of anilines is 6. The van der Waals surface area contributed by atoms with Crippen molar-refractivity contribution in [3.63, 3.8) is 0 Å². The third-order valence-electron chi connectivity index (χ3n) is 29.7. The van der Waals surface area contributed by atoms with Gasteiger partial charge >= 0.3 is 0 Å². The smallest absolute Gasteiger partial charge is 0.164 e. The van der Waals surface area contributed by atoms with E-state index in [4.69, 9.17) is 58.1 Å².